The van der Waals surface area contributed by atoms with Crippen LogP contribution in [0.25, 0.3) is 6.08 Å². The van der Waals surface area contributed by atoms with Gasteiger partial charge in [0, 0.05) is 24.4 Å². The fraction of sp³-hybridized carbons (Fsp3) is 0.333. The summed E-state index contributed by atoms with van der Waals surface area (Å²) in [6, 6.07) is 2.89. The zero-order chi connectivity index (χ0) is 13.9. The van der Waals surface area contributed by atoms with Crippen molar-refractivity contribution in [2.75, 3.05) is 13.2 Å². The molecule has 1 amide bonds. The van der Waals surface area contributed by atoms with E-state index in [2.05, 4.69) is 15.0 Å². The zero-order valence-electron chi connectivity index (χ0n) is 9.83. The van der Waals surface area contributed by atoms with E-state index in [-0.39, 0.29) is 11.8 Å². The molecule has 19 heavy (non-hydrogen) atoms. The van der Waals surface area contributed by atoms with Gasteiger partial charge in [0.2, 0.25) is 11.8 Å². The number of aromatic nitrogens is 1. The van der Waals surface area contributed by atoms with Gasteiger partial charge in [0.15, 0.2) is 6.61 Å². The summed E-state index contributed by atoms with van der Waals surface area (Å²) < 4.78 is 40.3. The minimum Gasteiger partial charge on any atom is -0.468 e. The van der Waals surface area contributed by atoms with Gasteiger partial charge in [0.25, 0.3) is 0 Å². The van der Waals surface area contributed by atoms with Gasteiger partial charge >= 0.3 is 6.18 Å². The van der Waals surface area contributed by atoms with Crippen molar-refractivity contribution < 1.29 is 22.7 Å². The number of ether oxygens (including phenoxy) is 1. The van der Waals surface area contributed by atoms with Crippen LogP contribution in [0.2, 0.25) is 0 Å². The number of nitrogens with zero attached hydrogens (tertiary/aromatic N) is 1. The third kappa shape index (κ3) is 3.97. The Labute approximate surface area is 107 Å². The Morgan fingerprint density at radius 2 is 2.21 bits per heavy atom. The van der Waals surface area contributed by atoms with Crippen LogP contribution >= 0.6 is 0 Å². The van der Waals surface area contributed by atoms with E-state index in [9.17, 15) is 18.0 Å². The summed E-state index contributed by atoms with van der Waals surface area (Å²) in [5, 5.41) is 2.66. The summed E-state index contributed by atoms with van der Waals surface area (Å²) in [6.45, 7) is -0.770. The Morgan fingerprint density at radius 1 is 1.42 bits per heavy atom. The van der Waals surface area contributed by atoms with Crippen LogP contribution < -0.4 is 10.1 Å². The van der Waals surface area contributed by atoms with E-state index in [1.807, 2.05) is 0 Å². The van der Waals surface area contributed by atoms with Crippen molar-refractivity contribution in [2.24, 2.45) is 0 Å². The molecule has 1 aromatic heterocycles. The van der Waals surface area contributed by atoms with Gasteiger partial charge in [0.05, 0.1) is 0 Å². The molecule has 102 valence electrons. The molecule has 0 bridgehead atoms. The first-order chi connectivity index (χ1) is 8.94. The average Bonchev–Trinajstić information content (AvgIpc) is 2.73. The van der Waals surface area contributed by atoms with Crippen LogP contribution in [-0.4, -0.2) is 30.2 Å². The van der Waals surface area contributed by atoms with Crippen molar-refractivity contribution in [3.63, 3.8) is 0 Å². The third-order valence-electron chi connectivity index (χ3n) is 2.46. The molecule has 0 aromatic carbocycles. The normalized spacial score (nSPS) is 17.6. The molecular formula is C12H11F3N2O2. The molecule has 2 rings (SSSR count). The topological polar surface area (TPSA) is 51.2 Å². The van der Waals surface area contributed by atoms with Gasteiger partial charge in [-0.3, -0.25) is 4.79 Å². The zero-order valence-corrected chi connectivity index (χ0v) is 9.83. The molecule has 0 unspecified atom stereocenters. The number of carbonyl (C=O) groups excluding carboxylic acids is 1. The third-order valence-corrected chi connectivity index (χ3v) is 2.46. The number of hydrogen-bond acceptors (Lipinski definition) is 3. The lowest BCUT2D eigenvalue weighted by Crippen LogP contribution is -2.19. The number of hydrogen-bond donors (Lipinski definition) is 1. The van der Waals surface area contributed by atoms with E-state index in [4.69, 9.17) is 0 Å². The van der Waals surface area contributed by atoms with Gasteiger partial charge in [-0.05, 0) is 24.1 Å². The first-order valence-corrected chi connectivity index (χ1v) is 5.58. The maximum absolute atomic E-state index is 11.9. The Bertz CT molecular complexity index is 495. The lowest BCUT2D eigenvalue weighted by Gasteiger charge is -2.07. The summed E-state index contributed by atoms with van der Waals surface area (Å²) in [6.07, 6.45) is -0.734. The highest BCUT2D eigenvalue weighted by molar-refractivity contribution is 5.99. The highest BCUT2D eigenvalue weighted by Gasteiger charge is 2.28. The van der Waals surface area contributed by atoms with Crippen LogP contribution in [0.1, 0.15) is 12.0 Å². The minimum atomic E-state index is -4.38. The van der Waals surface area contributed by atoms with E-state index in [0.29, 0.717) is 24.1 Å². The molecule has 1 aromatic rings. The van der Waals surface area contributed by atoms with E-state index in [1.165, 1.54) is 12.3 Å². The number of halogens is 3. The lowest BCUT2D eigenvalue weighted by atomic mass is 10.1. The van der Waals surface area contributed by atoms with Crippen molar-refractivity contribution in [3.05, 3.63) is 29.5 Å². The van der Waals surface area contributed by atoms with Crippen molar-refractivity contribution in [1.29, 1.82) is 0 Å². The Kier molecular flexibility index (Phi) is 3.73. The van der Waals surface area contributed by atoms with Crippen LogP contribution in [0.5, 0.6) is 5.88 Å². The van der Waals surface area contributed by atoms with Crippen molar-refractivity contribution in [3.8, 4) is 5.88 Å². The second-order valence-electron chi connectivity index (χ2n) is 4.01. The molecule has 1 aliphatic rings. The molecule has 0 spiro atoms. The summed E-state index contributed by atoms with van der Waals surface area (Å²) in [5.41, 5.74) is 1.28. The number of alkyl halides is 3. The van der Waals surface area contributed by atoms with E-state index >= 15 is 0 Å². The molecule has 1 aliphatic heterocycles. The Hall–Kier alpha value is -2.05. The van der Waals surface area contributed by atoms with Crippen LogP contribution in [0.15, 0.2) is 23.9 Å². The smallest absolute Gasteiger partial charge is 0.422 e. The average molecular weight is 272 g/mol. The monoisotopic (exact) mass is 272 g/mol. The fourth-order valence-corrected chi connectivity index (χ4v) is 1.59. The molecule has 0 radical (unpaired) electrons. The van der Waals surface area contributed by atoms with E-state index < -0.39 is 12.8 Å². The number of pyridine rings is 1. The molecule has 1 N–H and O–H groups in total. The molecular weight excluding hydrogens is 261 g/mol. The molecule has 7 heteroatoms. The molecule has 0 saturated carbocycles. The molecule has 2 heterocycles. The largest absolute Gasteiger partial charge is 0.468 e. The first-order valence-electron chi connectivity index (χ1n) is 5.58. The molecule has 4 nitrogen and oxygen atoms in total. The van der Waals surface area contributed by atoms with E-state index in [1.54, 1.807) is 12.1 Å². The highest BCUT2D eigenvalue weighted by Crippen LogP contribution is 2.18. The molecule has 0 atom stereocenters. The van der Waals surface area contributed by atoms with Crippen LogP contribution in [-0.2, 0) is 4.79 Å². The molecule has 1 fully saturated rings. The first kappa shape index (κ1) is 13.4. The van der Waals surface area contributed by atoms with Crippen LogP contribution in [0, 0.1) is 0 Å². The van der Waals surface area contributed by atoms with E-state index in [0.717, 1.165) is 0 Å². The van der Waals surface area contributed by atoms with Crippen molar-refractivity contribution in [1.82, 2.24) is 10.3 Å². The second kappa shape index (κ2) is 5.29. The SMILES string of the molecule is O=C1NCC/C1=C\c1ccc(OCC(F)(F)F)nc1. The summed E-state index contributed by atoms with van der Waals surface area (Å²) in [5.74, 6) is -0.229. The van der Waals surface area contributed by atoms with Crippen molar-refractivity contribution in [2.45, 2.75) is 12.6 Å². The number of carbonyl (C=O) groups is 1. The van der Waals surface area contributed by atoms with Crippen molar-refractivity contribution >= 4 is 12.0 Å². The number of amides is 1. The van der Waals surface area contributed by atoms with Gasteiger partial charge in [-0.2, -0.15) is 13.2 Å². The predicted octanol–water partition coefficient (Wildman–Crippen LogP) is 1.93. The molecule has 1 saturated heterocycles. The second-order valence-corrected chi connectivity index (χ2v) is 4.01. The van der Waals surface area contributed by atoms with Gasteiger partial charge < -0.3 is 10.1 Å². The maximum Gasteiger partial charge on any atom is 0.422 e. The minimum absolute atomic E-state index is 0.102. The summed E-state index contributed by atoms with van der Waals surface area (Å²) >= 11 is 0. The van der Waals surface area contributed by atoms with Gasteiger partial charge in [0.1, 0.15) is 0 Å². The molecule has 0 aliphatic carbocycles. The fourth-order valence-electron chi connectivity index (χ4n) is 1.59. The standard InChI is InChI=1S/C12H11F3N2O2/c13-12(14,15)7-19-10-2-1-8(6-17-10)5-9-3-4-16-11(9)18/h1-2,5-6H,3-4,7H2,(H,16,18)/b9-5+. The van der Waals surface area contributed by atoms with Crippen LogP contribution in [0.4, 0.5) is 13.2 Å². The lowest BCUT2D eigenvalue weighted by molar-refractivity contribution is -0.154. The Balaban J connectivity index is 2.00. The predicted molar refractivity (Wildman–Crippen MR) is 61.4 cm³/mol. The van der Waals surface area contributed by atoms with Crippen LogP contribution in [0.3, 0.4) is 0 Å². The van der Waals surface area contributed by atoms with Gasteiger partial charge in [-0.1, -0.05) is 0 Å². The highest BCUT2D eigenvalue weighted by atomic mass is 19.4. The van der Waals surface area contributed by atoms with Gasteiger partial charge in [-0.25, -0.2) is 4.98 Å². The number of rotatable bonds is 3. The number of nitrogens with one attached hydrogen (secondary N) is 1. The van der Waals surface area contributed by atoms with Gasteiger partial charge in [-0.15, -0.1) is 0 Å². The summed E-state index contributed by atoms with van der Waals surface area (Å²) in [4.78, 5) is 15.1. The Morgan fingerprint density at radius 3 is 2.74 bits per heavy atom. The summed E-state index contributed by atoms with van der Waals surface area (Å²) in [7, 11) is 0. The maximum atomic E-state index is 11.9. The quantitative estimate of drug-likeness (QED) is 0.855.